The fourth-order valence-corrected chi connectivity index (χ4v) is 3.50. The second kappa shape index (κ2) is 8.70. The number of benzene rings is 3. The number of carbonyl (C=O) groups excluding carboxylic acids is 2. The second-order valence-electron chi connectivity index (χ2n) is 7.04. The van der Waals surface area contributed by atoms with Crippen LogP contribution in [0.15, 0.2) is 60.7 Å². The molecule has 4 rings (SSSR count). The van der Waals surface area contributed by atoms with E-state index in [9.17, 15) is 19.7 Å². The number of rotatable bonds is 7. The van der Waals surface area contributed by atoms with Crippen molar-refractivity contribution in [3.8, 4) is 5.75 Å². The molecular weight excluding hydrogens is 400 g/mol. The van der Waals surface area contributed by atoms with E-state index in [1.807, 2.05) is 42.5 Å². The van der Waals surface area contributed by atoms with Crippen LogP contribution in [0.2, 0.25) is 0 Å². The third kappa shape index (κ3) is 4.55. The number of esters is 1. The average Bonchev–Trinajstić information content (AvgIpc) is 2.76. The summed E-state index contributed by atoms with van der Waals surface area (Å²) in [6.07, 6.45) is 0. The molecule has 0 aliphatic carbocycles. The molecule has 0 saturated carbocycles. The van der Waals surface area contributed by atoms with Gasteiger partial charge in [-0.15, -0.1) is 0 Å². The Hall–Kier alpha value is -4.14. The normalized spacial score (nSPS) is 12.8. The van der Waals surface area contributed by atoms with Gasteiger partial charge in [-0.3, -0.25) is 14.9 Å². The minimum absolute atomic E-state index is 0.0613. The molecule has 0 aromatic heterocycles. The lowest BCUT2D eigenvalue weighted by atomic mass is 10.1. The number of non-ortho nitro benzene ring substituents is 1. The first kappa shape index (κ1) is 20.1. The highest BCUT2D eigenvalue weighted by Crippen LogP contribution is 2.34. The summed E-state index contributed by atoms with van der Waals surface area (Å²) < 4.78 is 5.09. The van der Waals surface area contributed by atoms with Gasteiger partial charge in [0, 0.05) is 30.2 Å². The van der Waals surface area contributed by atoms with Crippen molar-refractivity contribution in [2.75, 3.05) is 36.4 Å². The van der Waals surface area contributed by atoms with Gasteiger partial charge in [0.25, 0.3) is 5.69 Å². The Kier molecular flexibility index (Phi) is 5.65. The Morgan fingerprint density at radius 3 is 2.74 bits per heavy atom. The van der Waals surface area contributed by atoms with Gasteiger partial charge in [0.15, 0.2) is 5.75 Å². The maximum absolute atomic E-state index is 12.4. The summed E-state index contributed by atoms with van der Waals surface area (Å²) in [6.45, 7) is 0.763. The first-order valence-electron chi connectivity index (χ1n) is 9.73. The molecule has 1 aliphatic heterocycles. The van der Waals surface area contributed by atoms with Crippen molar-refractivity contribution in [3.05, 3.63) is 70.8 Å². The van der Waals surface area contributed by atoms with Crippen LogP contribution in [0.25, 0.3) is 10.8 Å². The van der Waals surface area contributed by atoms with Crippen molar-refractivity contribution in [2.45, 2.75) is 0 Å². The Bertz CT molecular complexity index is 1160. The van der Waals surface area contributed by atoms with Crippen LogP contribution >= 0.6 is 0 Å². The van der Waals surface area contributed by atoms with E-state index < -0.39 is 10.9 Å². The van der Waals surface area contributed by atoms with Crippen molar-refractivity contribution >= 4 is 39.7 Å². The third-order valence-corrected chi connectivity index (χ3v) is 4.93. The number of ether oxygens (including phenoxy) is 1. The summed E-state index contributed by atoms with van der Waals surface area (Å²) in [6, 6.07) is 18.0. The Morgan fingerprint density at radius 1 is 1.10 bits per heavy atom. The molecule has 0 unspecified atom stereocenters. The van der Waals surface area contributed by atoms with E-state index in [0.29, 0.717) is 18.8 Å². The highest BCUT2D eigenvalue weighted by Gasteiger charge is 2.27. The molecule has 3 aromatic carbocycles. The number of carbonyl (C=O) groups is 2. The summed E-state index contributed by atoms with van der Waals surface area (Å²) >= 11 is 0. The molecule has 1 heterocycles. The van der Waals surface area contributed by atoms with Crippen molar-refractivity contribution < 1.29 is 19.2 Å². The van der Waals surface area contributed by atoms with Crippen LogP contribution in [0.4, 0.5) is 17.1 Å². The van der Waals surface area contributed by atoms with Gasteiger partial charge >= 0.3 is 5.97 Å². The number of anilines is 2. The smallest absolute Gasteiger partial charge is 0.331 e. The van der Waals surface area contributed by atoms with Gasteiger partial charge in [0.05, 0.1) is 23.2 Å². The Labute approximate surface area is 177 Å². The molecule has 1 amide bonds. The number of nitrogens with zero attached hydrogens (tertiary/aromatic N) is 2. The molecule has 158 valence electrons. The first-order valence-corrected chi connectivity index (χ1v) is 9.73. The Morgan fingerprint density at radius 2 is 1.90 bits per heavy atom. The van der Waals surface area contributed by atoms with Crippen LogP contribution in [0.1, 0.15) is 0 Å². The molecule has 0 bridgehead atoms. The molecular formula is C22H20N4O5. The summed E-state index contributed by atoms with van der Waals surface area (Å²) in [4.78, 5) is 36.1. The lowest BCUT2D eigenvalue weighted by Gasteiger charge is -2.29. The summed E-state index contributed by atoms with van der Waals surface area (Å²) in [5.41, 5.74) is 1.27. The fourth-order valence-electron chi connectivity index (χ4n) is 3.50. The Balaban J connectivity index is 1.33. The predicted molar refractivity (Wildman–Crippen MR) is 116 cm³/mol. The molecule has 9 heteroatoms. The fraction of sp³-hybridized carbons (Fsp3) is 0.182. The molecule has 31 heavy (non-hydrogen) atoms. The van der Waals surface area contributed by atoms with E-state index in [1.54, 1.807) is 4.90 Å². The maximum atomic E-state index is 12.4. The van der Waals surface area contributed by atoms with Gasteiger partial charge in [-0.2, -0.15) is 0 Å². The number of hydrogen-bond donors (Lipinski definition) is 2. The minimum Gasteiger partial charge on any atom is -0.423 e. The van der Waals surface area contributed by atoms with E-state index >= 15 is 0 Å². The van der Waals surface area contributed by atoms with Gasteiger partial charge in [-0.05, 0) is 17.5 Å². The summed E-state index contributed by atoms with van der Waals surface area (Å²) in [7, 11) is 0. The monoisotopic (exact) mass is 420 g/mol. The number of nitro benzene ring substituents is 1. The van der Waals surface area contributed by atoms with Crippen molar-refractivity contribution in [2.24, 2.45) is 0 Å². The molecule has 0 fully saturated rings. The molecule has 9 nitrogen and oxygen atoms in total. The minimum atomic E-state index is -0.571. The zero-order valence-electron chi connectivity index (χ0n) is 16.5. The standard InChI is InChI=1S/C22H20N4O5/c27-21(24-11-10-23-18-7-3-5-15-4-1-2-6-17(15)18)13-25-14-22(28)31-20-12-16(26(29)30)8-9-19(20)25/h1-9,12,23H,10-11,13-14H2,(H,24,27). The molecule has 3 aromatic rings. The lowest BCUT2D eigenvalue weighted by Crippen LogP contribution is -2.44. The molecule has 0 spiro atoms. The molecule has 0 saturated heterocycles. The van der Waals surface area contributed by atoms with E-state index in [0.717, 1.165) is 16.5 Å². The van der Waals surface area contributed by atoms with Crippen LogP contribution in [0.5, 0.6) is 5.75 Å². The van der Waals surface area contributed by atoms with E-state index in [-0.39, 0.29) is 30.4 Å². The zero-order valence-corrected chi connectivity index (χ0v) is 16.5. The maximum Gasteiger partial charge on any atom is 0.331 e. The van der Waals surface area contributed by atoms with Crippen LogP contribution in [-0.4, -0.2) is 43.0 Å². The van der Waals surface area contributed by atoms with E-state index in [4.69, 9.17) is 4.74 Å². The lowest BCUT2D eigenvalue weighted by molar-refractivity contribution is -0.384. The van der Waals surface area contributed by atoms with Crippen LogP contribution in [0.3, 0.4) is 0 Å². The van der Waals surface area contributed by atoms with Crippen LogP contribution in [-0.2, 0) is 9.59 Å². The number of fused-ring (bicyclic) bond motifs is 2. The van der Waals surface area contributed by atoms with Crippen LogP contribution in [0, 0.1) is 10.1 Å². The largest absolute Gasteiger partial charge is 0.423 e. The van der Waals surface area contributed by atoms with Crippen LogP contribution < -0.4 is 20.3 Å². The number of hydrogen-bond acceptors (Lipinski definition) is 7. The van der Waals surface area contributed by atoms with Crippen molar-refractivity contribution in [1.29, 1.82) is 0 Å². The third-order valence-electron chi connectivity index (χ3n) is 4.93. The number of nitrogens with one attached hydrogen (secondary N) is 2. The van der Waals surface area contributed by atoms with Crippen molar-refractivity contribution in [1.82, 2.24) is 5.32 Å². The molecule has 2 N–H and O–H groups in total. The predicted octanol–water partition coefficient (Wildman–Crippen LogP) is 2.70. The summed E-state index contributed by atoms with van der Waals surface area (Å²) in [5, 5.41) is 19.3. The van der Waals surface area contributed by atoms with Gasteiger partial charge < -0.3 is 20.3 Å². The molecule has 1 aliphatic rings. The number of amides is 1. The zero-order chi connectivity index (χ0) is 21.8. The molecule has 0 radical (unpaired) electrons. The van der Waals surface area contributed by atoms with Gasteiger partial charge in [0.1, 0.15) is 6.54 Å². The van der Waals surface area contributed by atoms with Crippen molar-refractivity contribution in [3.63, 3.8) is 0 Å². The topological polar surface area (TPSA) is 114 Å². The molecule has 0 atom stereocenters. The quantitative estimate of drug-likeness (QED) is 0.199. The van der Waals surface area contributed by atoms with Gasteiger partial charge in [-0.25, -0.2) is 4.79 Å². The summed E-state index contributed by atoms with van der Waals surface area (Å²) in [5.74, 6) is -0.756. The highest BCUT2D eigenvalue weighted by atomic mass is 16.6. The number of nitro groups is 1. The van der Waals surface area contributed by atoms with E-state index in [2.05, 4.69) is 10.6 Å². The SMILES string of the molecule is O=C(CN1CC(=O)Oc2cc([N+](=O)[O-])ccc21)NCCNc1cccc2ccccc12. The van der Waals surface area contributed by atoms with E-state index in [1.165, 1.54) is 18.2 Å². The highest BCUT2D eigenvalue weighted by molar-refractivity contribution is 5.94. The van der Waals surface area contributed by atoms with Gasteiger partial charge in [0.2, 0.25) is 5.91 Å². The first-order chi connectivity index (χ1) is 15.0. The average molecular weight is 420 g/mol. The van der Waals surface area contributed by atoms with Gasteiger partial charge in [-0.1, -0.05) is 36.4 Å². The second-order valence-corrected chi connectivity index (χ2v) is 7.04.